The van der Waals surface area contributed by atoms with E-state index in [-0.39, 0.29) is 11.9 Å². The van der Waals surface area contributed by atoms with Gasteiger partial charge in [-0.05, 0) is 123 Å². The van der Waals surface area contributed by atoms with E-state index in [0.29, 0.717) is 23.9 Å². The van der Waals surface area contributed by atoms with Crippen LogP contribution in [0.15, 0.2) is 42.5 Å². The van der Waals surface area contributed by atoms with Crippen molar-refractivity contribution in [1.82, 2.24) is 9.80 Å². The molecule has 5 atom stereocenters. The molecule has 0 aliphatic carbocycles. The number of benzene rings is 2. The molecule has 2 aliphatic heterocycles. The predicted octanol–water partition coefficient (Wildman–Crippen LogP) is 12.0. The van der Waals surface area contributed by atoms with Crippen molar-refractivity contribution in [2.75, 3.05) is 19.6 Å². The van der Waals surface area contributed by atoms with Crippen molar-refractivity contribution in [3.8, 4) is 0 Å². The molecule has 2 nitrogen and oxygen atoms in total. The summed E-state index contributed by atoms with van der Waals surface area (Å²) in [5, 5.41) is 0. The van der Waals surface area contributed by atoms with Crippen molar-refractivity contribution in [3.63, 3.8) is 0 Å². The zero-order chi connectivity index (χ0) is 33.4. The Bertz CT molecular complexity index is 1150. The van der Waals surface area contributed by atoms with Crippen molar-refractivity contribution in [2.45, 2.75) is 145 Å². The first kappa shape index (κ1) is 37.7. The Balaban J connectivity index is 0.000000246. The molecule has 0 radical (unpaired) electrons. The van der Waals surface area contributed by atoms with E-state index in [1.54, 1.807) is 6.07 Å². The van der Waals surface area contributed by atoms with E-state index in [4.69, 9.17) is 0 Å². The summed E-state index contributed by atoms with van der Waals surface area (Å²) in [6.07, 6.45) is 6.50. The van der Waals surface area contributed by atoms with Crippen LogP contribution < -0.4 is 0 Å². The van der Waals surface area contributed by atoms with Crippen LogP contribution >= 0.6 is 0 Å². The van der Waals surface area contributed by atoms with Gasteiger partial charge in [0.05, 0.1) is 0 Å². The molecular formula is C42H69FN2. The average Bonchev–Trinajstić information content (AvgIpc) is 3.03. The summed E-state index contributed by atoms with van der Waals surface area (Å²) in [5.74, 6) is 5.11. The zero-order valence-electron chi connectivity index (χ0n) is 31.2. The van der Waals surface area contributed by atoms with Crippen LogP contribution in [-0.4, -0.2) is 35.5 Å². The first-order chi connectivity index (χ1) is 21.2. The van der Waals surface area contributed by atoms with Crippen LogP contribution in [0.1, 0.15) is 161 Å². The van der Waals surface area contributed by atoms with E-state index >= 15 is 0 Å². The second-order valence-electron chi connectivity index (χ2n) is 15.9. The fraction of sp³-hybridized carbons (Fsp3) is 0.714. The average molecular weight is 621 g/mol. The molecule has 0 amide bonds. The van der Waals surface area contributed by atoms with Gasteiger partial charge in [-0.3, -0.25) is 9.80 Å². The quantitative estimate of drug-likeness (QED) is 0.261. The molecule has 2 fully saturated rings. The second kappa shape index (κ2) is 17.4. The Labute approximate surface area is 278 Å². The van der Waals surface area contributed by atoms with Crippen LogP contribution in [0.5, 0.6) is 0 Å². The van der Waals surface area contributed by atoms with Crippen LogP contribution in [0.25, 0.3) is 0 Å². The largest absolute Gasteiger partial charge is 0.296 e. The van der Waals surface area contributed by atoms with Gasteiger partial charge in [0, 0.05) is 23.7 Å². The van der Waals surface area contributed by atoms with Crippen LogP contribution in [0.3, 0.4) is 0 Å². The smallest absolute Gasteiger partial charge is 0.127 e. The third-order valence-corrected chi connectivity index (χ3v) is 11.7. The molecule has 0 N–H and O–H groups in total. The van der Waals surface area contributed by atoms with Gasteiger partial charge in [0.15, 0.2) is 0 Å². The summed E-state index contributed by atoms with van der Waals surface area (Å²) >= 11 is 0. The summed E-state index contributed by atoms with van der Waals surface area (Å²) in [5.41, 5.74) is 5.06. The molecule has 2 saturated heterocycles. The number of likely N-dealkylation sites (tertiary alicyclic amines) is 2. The van der Waals surface area contributed by atoms with Gasteiger partial charge in [0.1, 0.15) is 5.82 Å². The van der Waals surface area contributed by atoms with Gasteiger partial charge in [-0.15, -0.1) is 0 Å². The maximum absolute atomic E-state index is 14.3. The van der Waals surface area contributed by atoms with Crippen molar-refractivity contribution in [2.24, 2.45) is 29.6 Å². The molecule has 2 aromatic carbocycles. The lowest BCUT2D eigenvalue weighted by Crippen LogP contribution is -2.47. The summed E-state index contributed by atoms with van der Waals surface area (Å²) in [6.45, 7) is 31.2. The minimum atomic E-state index is -0.0547. The van der Waals surface area contributed by atoms with Gasteiger partial charge >= 0.3 is 0 Å². The highest BCUT2D eigenvalue weighted by Crippen LogP contribution is 2.37. The van der Waals surface area contributed by atoms with Gasteiger partial charge < -0.3 is 0 Å². The van der Waals surface area contributed by atoms with Crippen molar-refractivity contribution >= 4 is 0 Å². The van der Waals surface area contributed by atoms with Gasteiger partial charge in [-0.1, -0.05) is 112 Å². The molecule has 0 saturated carbocycles. The van der Waals surface area contributed by atoms with Crippen LogP contribution in [0.4, 0.5) is 4.39 Å². The Hall–Kier alpha value is -1.71. The van der Waals surface area contributed by atoms with Gasteiger partial charge in [0.25, 0.3) is 0 Å². The molecule has 5 unspecified atom stereocenters. The second-order valence-corrected chi connectivity index (χ2v) is 15.9. The molecule has 0 aromatic heterocycles. The number of hydrogen-bond donors (Lipinski definition) is 0. The summed E-state index contributed by atoms with van der Waals surface area (Å²) < 4.78 is 14.3. The SMILES string of the molecule is CC(C)c1cccc(C(C)N2CCC(C(C)C)CC2C(C)C)c1.CCC(C)C1CCN(C(C)c2cc(C(C)C)ccc2F)CC1. The minimum absolute atomic E-state index is 0.0547. The summed E-state index contributed by atoms with van der Waals surface area (Å²) in [4.78, 5) is 5.24. The number of nitrogens with zero attached hydrogens (tertiary/aromatic N) is 2. The Morgan fingerprint density at radius 2 is 1.24 bits per heavy atom. The lowest BCUT2D eigenvalue weighted by atomic mass is 9.78. The highest BCUT2D eigenvalue weighted by atomic mass is 19.1. The minimum Gasteiger partial charge on any atom is -0.296 e. The fourth-order valence-corrected chi connectivity index (χ4v) is 7.80. The number of piperidine rings is 2. The molecule has 2 aliphatic rings. The van der Waals surface area contributed by atoms with Crippen LogP contribution in [0.2, 0.25) is 0 Å². The lowest BCUT2D eigenvalue weighted by Gasteiger charge is -2.46. The van der Waals surface area contributed by atoms with E-state index in [9.17, 15) is 4.39 Å². The molecule has 3 heteroatoms. The molecule has 2 heterocycles. The number of halogens is 1. The Morgan fingerprint density at radius 1 is 0.667 bits per heavy atom. The van der Waals surface area contributed by atoms with Gasteiger partial charge in [-0.25, -0.2) is 4.39 Å². The molecule has 254 valence electrons. The molecule has 0 spiro atoms. The maximum atomic E-state index is 14.3. The topological polar surface area (TPSA) is 6.48 Å². The predicted molar refractivity (Wildman–Crippen MR) is 194 cm³/mol. The zero-order valence-corrected chi connectivity index (χ0v) is 31.2. The van der Waals surface area contributed by atoms with E-state index in [0.717, 1.165) is 48.2 Å². The molecule has 4 rings (SSSR count). The molecule has 2 aromatic rings. The molecule has 0 bridgehead atoms. The van der Waals surface area contributed by atoms with Crippen molar-refractivity contribution in [3.05, 3.63) is 70.5 Å². The van der Waals surface area contributed by atoms with E-state index in [2.05, 4.69) is 123 Å². The monoisotopic (exact) mass is 621 g/mol. The van der Waals surface area contributed by atoms with Gasteiger partial charge in [0.2, 0.25) is 0 Å². The third-order valence-electron chi connectivity index (χ3n) is 11.7. The first-order valence-electron chi connectivity index (χ1n) is 18.6. The Morgan fingerprint density at radius 3 is 1.80 bits per heavy atom. The van der Waals surface area contributed by atoms with E-state index < -0.39 is 0 Å². The Kier molecular flexibility index (Phi) is 14.6. The lowest BCUT2D eigenvalue weighted by molar-refractivity contribution is 0.0348. The summed E-state index contributed by atoms with van der Waals surface area (Å²) in [7, 11) is 0. The van der Waals surface area contributed by atoms with E-state index in [1.807, 2.05) is 6.07 Å². The summed E-state index contributed by atoms with van der Waals surface area (Å²) in [6, 6.07) is 16.3. The van der Waals surface area contributed by atoms with Crippen molar-refractivity contribution in [1.29, 1.82) is 0 Å². The maximum Gasteiger partial charge on any atom is 0.127 e. The van der Waals surface area contributed by atoms with Gasteiger partial charge in [-0.2, -0.15) is 0 Å². The normalized spacial score (nSPS) is 22.5. The molecular weight excluding hydrogens is 551 g/mol. The highest BCUT2D eigenvalue weighted by Gasteiger charge is 2.34. The third kappa shape index (κ3) is 10.1. The van der Waals surface area contributed by atoms with Crippen LogP contribution in [-0.2, 0) is 0 Å². The van der Waals surface area contributed by atoms with E-state index in [1.165, 1.54) is 55.3 Å². The fourth-order valence-electron chi connectivity index (χ4n) is 7.80. The standard InChI is InChI=1S/C22H37N.C20H32FN/c1-15(2)19-9-8-10-21(13-19)18(7)23-12-11-20(16(3)4)14-22(23)17(5)6;1-6-15(4)17-9-11-22(12-10-17)16(5)19-13-18(14(2)3)7-8-20(19)21/h8-10,13,15-18,20,22H,11-12,14H2,1-7H3;7-8,13-17H,6,9-12H2,1-5H3. The van der Waals surface area contributed by atoms with Crippen LogP contribution in [0, 0.1) is 35.4 Å². The highest BCUT2D eigenvalue weighted by molar-refractivity contribution is 5.30. The number of rotatable bonds is 10. The number of hydrogen-bond acceptors (Lipinski definition) is 2. The molecule has 45 heavy (non-hydrogen) atoms. The van der Waals surface area contributed by atoms with Crippen molar-refractivity contribution < 1.29 is 4.39 Å². The first-order valence-corrected chi connectivity index (χ1v) is 18.6.